The van der Waals surface area contributed by atoms with Crippen molar-refractivity contribution in [2.24, 2.45) is 0 Å². The molecule has 2 aliphatic carbocycles. The number of amides is 1. The van der Waals surface area contributed by atoms with Gasteiger partial charge in [0.15, 0.2) is 0 Å². The van der Waals surface area contributed by atoms with Crippen molar-refractivity contribution in [3.63, 3.8) is 0 Å². The van der Waals surface area contributed by atoms with Gasteiger partial charge in [0.1, 0.15) is 0 Å². The van der Waals surface area contributed by atoms with E-state index >= 15 is 0 Å². The van der Waals surface area contributed by atoms with E-state index in [1.165, 1.54) is 38.5 Å². The van der Waals surface area contributed by atoms with E-state index in [0.29, 0.717) is 29.8 Å². The molecule has 1 aromatic carbocycles. The average Bonchev–Trinajstić information content (AvgIpc) is 2.75. The second-order valence-corrected chi connectivity index (χ2v) is 8.33. The van der Waals surface area contributed by atoms with Crippen LogP contribution in [0.3, 0.4) is 0 Å². The average molecular weight is 386 g/mol. The summed E-state index contributed by atoms with van der Waals surface area (Å²) in [5, 5.41) is 0. The van der Waals surface area contributed by atoms with Crippen LogP contribution in [0.4, 0.5) is 0 Å². The summed E-state index contributed by atoms with van der Waals surface area (Å²) in [4.78, 5) is 28.5. The first-order valence-corrected chi connectivity index (χ1v) is 11.3. The van der Waals surface area contributed by atoms with Crippen LogP contribution in [0.1, 0.15) is 105 Å². The highest BCUT2D eigenvalue weighted by atomic mass is 16.5. The molecule has 2 saturated carbocycles. The van der Waals surface area contributed by atoms with Crippen LogP contribution >= 0.6 is 0 Å². The summed E-state index contributed by atoms with van der Waals surface area (Å²) in [5.41, 5.74) is 0.931. The molecule has 1 aromatic rings. The van der Waals surface area contributed by atoms with E-state index in [4.69, 9.17) is 4.74 Å². The SMILES string of the molecule is CCCCOC(=O)c1ccccc1C(=O)N(C1CCCCC1)C1CCCCC1. The van der Waals surface area contributed by atoms with Gasteiger partial charge in [-0.15, -0.1) is 0 Å². The standard InChI is InChI=1S/C24H35NO3/c1-2-3-18-28-24(27)22-17-11-10-16-21(22)23(26)25(19-12-6-4-7-13-19)20-14-8-5-9-15-20/h10-11,16-17,19-20H,2-9,12-15,18H2,1H3. The van der Waals surface area contributed by atoms with E-state index in [2.05, 4.69) is 11.8 Å². The predicted octanol–water partition coefficient (Wildman–Crippen LogP) is 5.75. The highest BCUT2D eigenvalue weighted by Gasteiger charge is 2.34. The van der Waals surface area contributed by atoms with Crippen LogP contribution in [0, 0.1) is 0 Å². The number of ether oxygens (including phenoxy) is 1. The van der Waals surface area contributed by atoms with Crippen LogP contribution in [0.15, 0.2) is 24.3 Å². The van der Waals surface area contributed by atoms with E-state index in [1.807, 2.05) is 12.1 Å². The molecule has 0 aromatic heterocycles. The maximum Gasteiger partial charge on any atom is 0.338 e. The third-order valence-electron chi connectivity index (χ3n) is 6.28. The van der Waals surface area contributed by atoms with Crippen molar-refractivity contribution in [2.45, 2.75) is 96.1 Å². The van der Waals surface area contributed by atoms with Gasteiger partial charge >= 0.3 is 5.97 Å². The molecule has 0 N–H and O–H groups in total. The number of nitrogens with zero attached hydrogens (tertiary/aromatic N) is 1. The molecule has 28 heavy (non-hydrogen) atoms. The second kappa shape index (κ2) is 10.6. The van der Waals surface area contributed by atoms with Crippen LogP contribution in [-0.4, -0.2) is 35.5 Å². The van der Waals surface area contributed by atoms with E-state index < -0.39 is 0 Å². The smallest absolute Gasteiger partial charge is 0.338 e. The molecule has 154 valence electrons. The van der Waals surface area contributed by atoms with Crippen molar-refractivity contribution in [3.8, 4) is 0 Å². The number of rotatable bonds is 7. The fraction of sp³-hybridized carbons (Fsp3) is 0.667. The minimum atomic E-state index is -0.371. The van der Waals surface area contributed by atoms with Gasteiger partial charge in [0, 0.05) is 12.1 Å². The Labute approximate surface area is 169 Å². The van der Waals surface area contributed by atoms with Crippen molar-refractivity contribution >= 4 is 11.9 Å². The van der Waals surface area contributed by atoms with Gasteiger partial charge in [-0.1, -0.05) is 64.0 Å². The van der Waals surface area contributed by atoms with Crippen molar-refractivity contribution < 1.29 is 14.3 Å². The molecule has 0 spiro atoms. The number of esters is 1. The summed E-state index contributed by atoms with van der Waals surface area (Å²) >= 11 is 0. The van der Waals surface area contributed by atoms with Crippen molar-refractivity contribution in [1.82, 2.24) is 4.90 Å². The number of unbranched alkanes of at least 4 members (excludes halogenated alkanes) is 1. The van der Waals surface area contributed by atoms with E-state index in [1.54, 1.807) is 12.1 Å². The highest BCUT2D eigenvalue weighted by Crippen LogP contribution is 2.32. The van der Waals surface area contributed by atoms with E-state index in [9.17, 15) is 9.59 Å². The Hall–Kier alpha value is -1.84. The van der Waals surface area contributed by atoms with Crippen molar-refractivity contribution in [2.75, 3.05) is 6.61 Å². The van der Waals surface area contributed by atoms with Gasteiger partial charge in [0.05, 0.1) is 17.7 Å². The zero-order chi connectivity index (χ0) is 19.8. The number of hydrogen-bond donors (Lipinski definition) is 0. The Morgan fingerprint density at radius 3 is 1.96 bits per heavy atom. The lowest BCUT2D eigenvalue weighted by Gasteiger charge is -2.42. The van der Waals surface area contributed by atoms with Crippen LogP contribution in [-0.2, 0) is 4.74 Å². The Morgan fingerprint density at radius 2 is 1.43 bits per heavy atom. The second-order valence-electron chi connectivity index (χ2n) is 8.33. The maximum atomic E-state index is 13.7. The molecule has 0 heterocycles. The molecule has 1 amide bonds. The van der Waals surface area contributed by atoms with E-state index in [-0.39, 0.29) is 11.9 Å². The monoisotopic (exact) mass is 385 g/mol. The third kappa shape index (κ3) is 5.15. The summed E-state index contributed by atoms with van der Waals surface area (Å²) in [6.07, 6.45) is 13.5. The minimum absolute atomic E-state index is 0.0295. The molecule has 2 aliphatic rings. The summed E-state index contributed by atoms with van der Waals surface area (Å²) in [6, 6.07) is 7.84. The van der Waals surface area contributed by atoms with Gasteiger partial charge in [-0.05, 0) is 44.2 Å². The number of hydrogen-bond acceptors (Lipinski definition) is 3. The summed E-state index contributed by atoms with van der Waals surface area (Å²) < 4.78 is 5.42. The molecular weight excluding hydrogens is 350 g/mol. The molecule has 4 heteroatoms. The molecule has 4 nitrogen and oxygen atoms in total. The fourth-order valence-corrected chi connectivity index (χ4v) is 4.72. The van der Waals surface area contributed by atoms with Crippen molar-refractivity contribution in [3.05, 3.63) is 35.4 Å². The largest absolute Gasteiger partial charge is 0.462 e. The Bertz CT molecular complexity index is 627. The van der Waals surface area contributed by atoms with Gasteiger partial charge in [0.2, 0.25) is 0 Å². The van der Waals surface area contributed by atoms with Gasteiger partial charge in [0.25, 0.3) is 5.91 Å². The summed E-state index contributed by atoms with van der Waals surface area (Å²) in [7, 11) is 0. The van der Waals surface area contributed by atoms with Crippen LogP contribution in [0.2, 0.25) is 0 Å². The van der Waals surface area contributed by atoms with Crippen molar-refractivity contribution in [1.29, 1.82) is 0 Å². The lowest BCUT2D eigenvalue weighted by Crippen LogP contribution is -2.49. The quantitative estimate of drug-likeness (QED) is 0.443. The molecule has 0 saturated heterocycles. The number of carbonyl (C=O) groups excluding carboxylic acids is 2. The Kier molecular flexibility index (Phi) is 7.93. The van der Waals surface area contributed by atoms with Gasteiger partial charge in [-0.2, -0.15) is 0 Å². The molecule has 0 radical (unpaired) electrons. The van der Waals surface area contributed by atoms with Crippen LogP contribution < -0.4 is 0 Å². The molecule has 0 aliphatic heterocycles. The van der Waals surface area contributed by atoms with Gasteiger partial charge in [-0.25, -0.2) is 4.79 Å². The molecule has 0 bridgehead atoms. The lowest BCUT2D eigenvalue weighted by atomic mass is 9.87. The zero-order valence-electron chi connectivity index (χ0n) is 17.3. The first-order valence-electron chi connectivity index (χ1n) is 11.3. The molecule has 0 atom stereocenters. The number of benzene rings is 1. The Morgan fingerprint density at radius 1 is 0.893 bits per heavy atom. The van der Waals surface area contributed by atoms with Gasteiger partial charge in [-0.3, -0.25) is 4.79 Å². The highest BCUT2D eigenvalue weighted by molar-refractivity contribution is 6.05. The maximum absolute atomic E-state index is 13.7. The van der Waals surface area contributed by atoms with Crippen LogP contribution in [0.5, 0.6) is 0 Å². The first kappa shape index (κ1) is 20.9. The van der Waals surface area contributed by atoms with Crippen LogP contribution in [0.25, 0.3) is 0 Å². The minimum Gasteiger partial charge on any atom is -0.462 e. The normalized spacial score (nSPS) is 18.6. The predicted molar refractivity (Wildman–Crippen MR) is 112 cm³/mol. The lowest BCUT2D eigenvalue weighted by molar-refractivity contribution is 0.0423. The molecule has 3 rings (SSSR count). The third-order valence-corrected chi connectivity index (χ3v) is 6.28. The molecule has 2 fully saturated rings. The summed E-state index contributed by atoms with van der Waals surface area (Å²) in [6.45, 7) is 2.48. The number of carbonyl (C=O) groups is 2. The summed E-state index contributed by atoms with van der Waals surface area (Å²) in [5.74, 6) is -0.341. The van der Waals surface area contributed by atoms with E-state index in [0.717, 1.165) is 38.5 Å². The topological polar surface area (TPSA) is 46.6 Å². The first-order chi connectivity index (χ1) is 13.7. The van der Waals surface area contributed by atoms with Gasteiger partial charge < -0.3 is 9.64 Å². The molecular formula is C24H35NO3. The fourth-order valence-electron chi connectivity index (χ4n) is 4.72. The molecule has 0 unspecified atom stereocenters. The zero-order valence-corrected chi connectivity index (χ0v) is 17.3. The Balaban J connectivity index is 1.84.